The number of aryl methyl sites for hydroxylation is 2. The second kappa shape index (κ2) is 5.18. The third-order valence-electron chi connectivity index (χ3n) is 2.62. The van der Waals surface area contributed by atoms with Gasteiger partial charge in [0, 0.05) is 12.2 Å². The molecule has 0 aliphatic rings. The molecular formula is C14H21N3. The van der Waals surface area contributed by atoms with Gasteiger partial charge in [-0.2, -0.15) is 5.26 Å². The van der Waals surface area contributed by atoms with Gasteiger partial charge in [0.25, 0.3) is 0 Å². The van der Waals surface area contributed by atoms with Gasteiger partial charge >= 0.3 is 0 Å². The Kier molecular flexibility index (Phi) is 4.11. The number of rotatable bonds is 3. The average Bonchev–Trinajstić information content (AvgIpc) is 2.14. The molecule has 0 aliphatic carbocycles. The third kappa shape index (κ3) is 4.07. The molecule has 0 unspecified atom stereocenters. The lowest BCUT2D eigenvalue weighted by molar-refractivity contribution is 0.389. The smallest absolute Gasteiger partial charge is 0.144 e. The Bertz CT molecular complexity index is 436. The summed E-state index contributed by atoms with van der Waals surface area (Å²) in [6.07, 6.45) is 1.05. The fourth-order valence-electron chi connectivity index (χ4n) is 1.66. The standard InChI is InChI=1S/C14H21N3/c1-10-8-11(2)17-13(12(10)9-15)16-7-6-14(3,4)5/h8H,6-7H2,1-5H3,(H,16,17). The molecule has 17 heavy (non-hydrogen) atoms. The molecule has 0 radical (unpaired) electrons. The predicted molar refractivity (Wildman–Crippen MR) is 71.0 cm³/mol. The molecule has 0 fully saturated rings. The molecule has 92 valence electrons. The van der Waals surface area contributed by atoms with E-state index < -0.39 is 0 Å². The van der Waals surface area contributed by atoms with E-state index in [1.54, 1.807) is 0 Å². The Morgan fingerprint density at radius 1 is 1.35 bits per heavy atom. The van der Waals surface area contributed by atoms with Crippen LogP contribution in [0.2, 0.25) is 0 Å². The number of nitriles is 1. The second-order valence-electron chi connectivity index (χ2n) is 5.65. The molecule has 3 nitrogen and oxygen atoms in total. The van der Waals surface area contributed by atoms with Gasteiger partial charge in [-0.15, -0.1) is 0 Å². The Labute approximate surface area is 104 Å². The van der Waals surface area contributed by atoms with Gasteiger partial charge in [0.05, 0.1) is 5.56 Å². The molecule has 1 aromatic heterocycles. The summed E-state index contributed by atoms with van der Waals surface area (Å²) in [6.45, 7) is 11.3. The van der Waals surface area contributed by atoms with E-state index in [4.69, 9.17) is 5.26 Å². The van der Waals surface area contributed by atoms with Gasteiger partial charge in [0.15, 0.2) is 0 Å². The minimum absolute atomic E-state index is 0.290. The van der Waals surface area contributed by atoms with Crippen molar-refractivity contribution in [2.75, 3.05) is 11.9 Å². The minimum Gasteiger partial charge on any atom is -0.369 e. The van der Waals surface area contributed by atoms with Gasteiger partial charge < -0.3 is 5.32 Å². The summed E-state index contributed by atoms with van der Waals surface area (Å²) in [4.78, 5) is 4.39. The van der Waals surface area contributed by atoms with Crippen molar-refractivity contribution in [3.63, 3.8) is 0 Å². The molecule has 0 saturated carbocycles. The zero-order chi connectivity index (χ0) is 13.1. The lowest BCUT2D eigenvalue weighted by Gasteiger charge is -2.19. The Hall–Kier alpha value is -1.56. The summed E-state index contributed by atoms with van der Waals surface area (Å²) in [5, 5.41) is 12.4. The van der Waals surface area contributed by atoms with Crippen LogP contribution in [0.1, 0.15) is 44.0 Å². The summed E-state index contributed by atoms with van der Waals surface area (Å²) in [5.41, 5.74) is 2.88. The third-order valence-corrected chi connectivity index (χ3v) is 2.62. The first-order valence-electron chi connectivity index (χ1n) is 5.96. The van der Waals surface area contributed by atoms with E-state index in [2.05, 4.69) is 37.1 Å². The van der Waals surface area contributed by atoms with Crippen molar-refractivity contribution in [2.45, 2.75) is 41.0 Å². The Morgan fingerprint density at radius 3 is 2.53 bits per heavy atom. The summed E-state index contributed by atoms with van der Waals surface area (Å²) in [7, 11) is 0. The lowest BCUT2D eigenvalue weighted by Crippen LogP contribution is -2.14. The van der Waals surface area contributed by atoms with Crippen molar-refractivity contribution < 1.29 is 0 Å². The molecule has 0 saturated heterocycles. The molecule has 1 rings (SSSR count). The summed E-state index contributed by atoms with van der Waals surface area (Å²) in [6, 6.07) is 4.15. The Morgan fingerprint density at radius 2 is 2.00 bits per heavy atom. The van der Waals surface area contributed by atoms with E-state index in [-0.39, 0.29) is 0 Å². The van der Waals surface area contributed by atoms with Crippen LogP contribution in [-0.2, 0) is 0 Å². The largest absolute Gasteiger partial charge is 0.369 e. The molecule has 1 aromatic rings. The molecule has 1 N–H and O–H groups in total. The quantitative estimate of drug-likeness (QED) is 0.867. The number of pyridine rings is 1. The second-order valence-corrected chi connectivity index (χ2v) is 5.65. The maximum Gasteiger partial charge on any atom is 0.144 e. The van der Waals surface area contributed by atoms with E-state index in [0.717, 1.165) is 24.2 Å². The Balaban J connectivity index is 2.81. The number of hydrogen-bond acceptors (Lipinski definition) is 3. The molecule has 0 bridgehead atoms. The number of nitrogens with zero attached hydrogens (tertiary/aromatic N) is 2. The first kappa shape index (κ1) is 13.5. The van der Waals surface area contributed by atoms with Crippen molar-refractivity contribution in [3.05, 3.63) is 22.9 Å². The first-order valence-corrected chi connectivity index (χ1v) is 5.96. The van der Waals surface area contributed by atoms with Crippen molar-refractivity contribution >= 4 is 5.82 Å². The van der Waals surface area contributed by atoms with Crippen LogP contribution in [0.3, 0.4) is 0 Å². The lowest BCUT2D eigenvalue weighted by atomic mass is 9.92. The zero-order valence-corrected chi connectivity index (χ0v) is 11.4. The number of hydrogen-bond donors (Lipinski definition) is 1. The van der Waals surface area contributed by atoms with Crippen molar-refractivity contribution in [1.82, 2.24) is 4.98 Å². The van der Waals surface area contributed by atoms with Crippen molar-refractivity contribution in [3.8, 4) is 6.07 Å². The highest BCUT2D eigenvalue weighted by Gasteiger charge is 2.11. The minimum atomic E-state index is 0.290. The number of anilines is 1. The van der Waals surface area contributed by atoms with Crippen LogP contribution in [0.25, 0.3) is 0 Å². The zero-order valence-electron chi connectivity index (χ0n) is 11.4. The number of nitrogens with one attached hydrogen (secondary N) is 1. The van der Waals surface area contributed by atoms with Gasteiger partial charge in [-0.1, -0.05) is 20.8 Å². The summed E-state index contributed by atoms with van der Waals surface area (Å²) >= 11 is 0. The van der Waals surface area contributed by atoms with E-state index in [9.17, 15) is 0 Å². The molecular weight excluding hydrogens is 210 g/mol. The average molecular weight is 231 g/mol. The molecule has 0 aromatic carbocycles. The van der Waals surface area contributed by atoms with Crippen LogP contribution < -0.4 is 5.32 Å². The van der Waals surface area contributed by atoms with Gasteiger partial charge in [0.1, 0.15) is 11.9 Å². The van der Waals surface area contributed by atoms with Gasteiger partial charge in [0.2, 0.25) is 0 Å². The SMILES string of the molecule is Cc1cc(C)c(C#N)c(NCCC(C)(C)C)n1. The van der Waals surface area contributed by atoms with Crippen LogP contribution in [0.15, 0.2) is 6.07 Å². The fourth-order valence-corrected chi connectivity index (χ4v) is 1.66. The van der Waals surface area contributed by atoms with Gasteiger partial charge in [-0.05, 0) is 37.3 Å². The maximum absolute atomic E-state index is 9.12. The fraction of sp³-hybridized carbons (Fsp3) is 0.571. The number of aromatic nitrogens is 1. The topological polar surface area (TPSA) is 48.7 Å². The van der Waals surface area contributed by atoms with Gasteiger partial charge in [-0.25, -0.2) is 4.98 Å². The summed E-state index contributed by atoms with van der Waals surface area (Å²) < 4.78 is 0. The van der Waals surface area contributed by atoms with E-state index in [1.165, 1.54) is 0 Å². The molecule has 3 heteroatoms. The van der Waals surface area contributed by atoms with Crippen LogP contribution >= 0.6 is 0 Å². The van der Waals surface area contributed by atoms with Crippen LogP contribution in [-0.4, -0.2) is 11.5 Å². The highest BCUT2D eigenvalue weighted by atomic mass is 15.0. The van der Waals surface area contributed by atoms with Crippen LogP contribution in [0, 0.1) is 30.6 Å². The molecule has 0 aliphatic heterocycles. The normalized spacial score (nSPS) is 11.1. The van der Waals surface area contributed by atoms with E-state index >= 15 is 0 Å². The van der Waals surface area contributed by atoms with E-state index in [1.807, 2.05) is 19.9 Å². The highest BCUT2D eigenvalue weighted by molar-refractivity contribution is 5.56. The van der Waals surface area contributed by atoms with Crippen LogP contribution in [0.5, 0.6) is 0 Å². The monoisotopic (exact) mass is 231 g/mol. The first-order chi connectivity index (χ1) is 7.83. The molecule has 1 heterocycles. The predicted octanol–water partition coefficient (Wildman–Crippen LogP) is 3.42. The van der Waals surface area contributed by atoms with E-state index in [0.29, 0.717) is 16.8 Å². The molecule has 0 spiro atoms. The van der Waals surface area contributed by atoms with Crippen molar-refractivity contribution in [2.24, 2.45) is 5.41 Å². The maximum atomic E-state index is 9.12. The molecule has 0 amide bonds. The highest BCUT2D eigenvalue weighted by Crippen LogP contribution is 2.21. The summed E-state index contributed by atoms with van der Waals surface area (Å²) in [5.74, 6) is 0.717. The van der Waals surface area contributed by atoms with Crippen molar-refractivity contribution in [1.29, 1.82) is 5.26 Å². The van der Waals surface area contributed by atoms with Gasteiger partial charge in [-0.3, -0.25) is 0 Å². The van der Waals surface area contributed by atoms with Crippen LogP contribution in [0.4, 0.5) is 5.82 Å². The molecule has 0 atom stereocenters.